The highest BCUT2D eigenvalue weighted by Crippen LogP contribution is 2.17. The van der Waals surface area contributed by atoms with Crippen LogP contribution in [0.4, 0.5) is 0 Å². The minimum Gasteiger partial charge on any atom is -0.451 e. The number of fused-ring (bicyclic) bond motifs is 1. The Bertz CT molecular complexity index is 696. The lowest BCUT2D eigenvalue weighted by Crippen LogP contribution is -2.28. The number of likely N-dealkylation sites (tertiary alicyclic amines) is 1. The number of rotatable bonds is 1. The average Bonchev–Trinajstić information content (AvgIpc) is 2.92. The molecule has 0 unspecified atom stereocenters. The van der Waals surface area contributed by atoms with E-state index in [2.05, 4.69) is 0 Å². The predicted octanol–water partition coefficient (Wildman–Crippen LogP) is 2.34. The maximum absolute atomic E-state index is 12.2. The van der Waals surface area contributed by atoms with Crippen LogP contribution >= 0.6 is 0 Å². The molecule has 0 atom stereocenters. The summed E-state index contributed by atoms with van der Waals surface area (Å²) < 4.78 is 5.58. The molecule has 0 radical (unpaired) electrons. The Balaban J connectivity index is 2.08. The SMILES string of the molecule is Cc1ccc2oc(C(=O)N3CCCC3)cc(=O)c2c1. The fourth-order valence-electron chi connectivity index (χ4n) is 2.45. The van der Waals surface area contributed by atoms with Gasteiger partial charge in [-0.15, -0.1) is 0 Å². The zero-order valence-electron chi connectivity index (χ0n) is 10.8. The van der Waals surface area contributed by atoms with Crippen LogP contribution in [0, 0.1) is 6.92 Å². The Morgan fingerprint density at radius 1 is 1.21 bits per heavy atom. The number of nitrogens with zero attached hydrogens (tertiary/aromatic N) is 1. The molecule has 3 rings (SSSR count). The molecule has 2 heterocycles. The third kappa shape index (κ3) is 2.14. The van der Waals surface area contributed by atoms with Crippen LogP contribution in [0.5, 0.6) is 0 Å². The molecule has 0 aliphatic carbocycles. The van der Waals surface area contributed by atoms with E-state index in [1.807, 2.05) is 13.0 Å². The smallest absolute Gasteiger partial charge is 0.289 e. The topological polar surface area (TPSA) is 50.5 Å². The van der Waals surface area contributed by atoms with E-state index in [4.69, 9.17) is 4.42 Å². The van der Waals surface area contributed by atoms with Gasteiger partial charge in [0.1, 0.15) is 5.58 Å². The lowest BCUT2D eigenvalue weighted by Gasteiger charge is -2.14. The van der Waals surface area contributed by atoms with Gasteiger partial charge in [-0.1, -0.05) is 11.6 Å². The van der Waals surface area contributed by atoms with E-state index in [-0.39, 0.29) is 17.1 Å². The van der Waals surface area contributed by atoms with E-state index in [0.29, 0.717) is 11.0 Å². The van der Waals surface area contributed by atoms with Crippen molar-refractivity contribution in [2.75, 3.05) is 13.1 Å². The van der Waals surface area contributed by atoms with Crippen LogP contribution in [0.3, 0.4) is 0 Å². The summed E-state index contributed by atoms with van der Waals surface area (Å²) in [6.45, 7) is 3.41. The minimum absolute atomic E-state index is 0.142. The van der Waals surface area contributed by atoms with Gasteiger partial charge in [-0.05, 0) is 31.9 Å². The largest absolute Gasteiger partial charge is 0.451 e. The molecule has 1 amide bonds. The standard InChI is InChI=1S/C15H15NO3/c1-10-4-5-13-11(8-10)12(17)9-14(19-13)15(18)16-6-2-3-7-16/h4-5,8-9H,2-3,6-7H2,1H3. The molecule has 19 heavy (non-hydrogen) atoms. The zero-order valence-corrected chi connectivity index (χ0v) is 10.8. The van der Waals surface area contributed by atoms with E-state index >= 15 is 0 Å². The van der Waals surface area contributed by atoms with Crippen molar-refractivity contribution in [2.45, 2.75) is 19.8 Å². The Hall–Kier alpha value is -2.10. The molecule has 1 aromatic heterocycles. The Morgan fingerprint density at radius 2 is 1.95 bits per heavy atom. The van der Waals surface area contributed by atoms with Crippen molar-refractivity contribution in [3.05, 3.63) is 45.8 Å². The Labute approximate surface area is 110 Å². The number of benzene rings is 1. The van der Waals surface area contributed by atoms with Crippen molar-refractivity contribution < 1.29 is 9.21 Å². The van der Waals surface area contributed by atoms with E-state index in [1.54, 1.807) is 17.0 Å². The van der Waals surface area contributed by atoms with Crippen molar-refractivity contribution in [1.29, 1.82) is 0 Å². The molecule has 1 aliphatic rings. The van der Waals surface area contributed by atoms with Crippen LogP contribution in [-0.2, 0) is 0 Å². The highest BCUT2D eigenvalue weighted by molar-refractivity contribution is 5.93. The van der Waals surface area contributed by atoms with E-state index in [1.165, 1.54) is 6.07 Å². The molecule has 1 aliphatic heterocycles. The van der Waals surface area contributed by atoms with Crippen molar-refractivity contribution in [2.24, 2.45) is 0 Å². The number of carbonyl (C=O) groups excluding carboxylic acids is 1. The van der Waals surface area contributed by atoms with Gasteiger partial charge >= 0.3 is 0 Å². The van der Waals surface area contributed by atoms with Gasteiger partial charge in [0.25, 0.3) is 5.91 Å². The second kappa shape index (κ2) is 4.53. The molecule has 0 N–H and O–H groups in total. The number of hydrogen-bond acceptors (Lipinski definition) is 3. The number of hydrogen-bond donors (Lipinski definition) is 0. The zero-order chi connectivity index (χ0) is 13.4. The summed E-state index contributed by atoms with van der Waals surface area (Å²) in [5.74, 6) is -0.0414. The summed E-state index contributed by atoms with van der Waals surface area (Å²) >= 11 is 0. The van der Waals surface area contributed by atoms with E-state index in [9.17, 15) is 9.59 Å². The highest BCUT2D eigenvalue weighted by atomic mass is 16.3. The van der Waals surface area contributed by atoms with Gasteiger partial charge in [0.05, 0.1) is 5.39 Å². The molecule has 1 fully saturated rings. The predicted molar refractivity (Wildman–Crippen MR) is 72.4 cm³/mol. The third-order valence-corrected chi connectivity index (χ3v) is 3.49. The Kier molecular flexibility index (Phi) is 2.85. The van der Waals surface area contributed by atoms with Crippen LogP contribution in [-0.4, -0.2) is 23.9 Å². The molecule has 4 nitrogen and oxygen atoms in total. The summed E-state index contributed by atoms with van der Waals surface area (Å²) in [5.41, 5.74) is 1.31. The summed E-state index contributed by atoms with van der Waals surface area (Å²) in [7, 11) is 0. The second-order valence-electron chi connectivity index (χ2n) is 4.97. The fraction of sp³-hybridized carbons (Fsp3) is 0.333. The van der Waals surface area contributed by atoms with E-state index in [0.717, 1.165) is 31.5 Å². The van der Waals surface area contributed by atoms with E-state index < -0.39 is 0 Å². The van der Waals surface area contributed by atoms with Crippen LogP contribution in [0.25, 0.3) is 11.0 Å². The van der Waals surface area contributed by atoms with Crippen molar-refractivity contribution in [1.82, 2.24) is 4.90 Å². The maximum Gasteiger partial charge on any atom is 0.289 e. The average molecular weight is 257 g/mol. The van der Waals surface area contributed by atoms with Gasteiger partial charge in [-0.3, -0.25) is 9.59 Å². The van der Waals surface area contributed by atoms with Crippen molar-refractivity contribution >= 4 is 16.9 Å². The van der Waals surface area contributed by atoms with Crippen LogP contribution in [0.15, 0.2) is 33.5 Å². The molecule has 0 saturated carbocycles. The lowest BCUT2D eigenvalue weighted by molar-refractivity contribution is 0.0762. The van der Waals surface area contributed by atoms with Gasteiger partial charge in [0.2, 0.25) is 0 Å². The first-order valence-corrected chi connectivity index (χ1v) is 6.49. The summed E-state index contributed by atoms with van der Waals surface area (Å²) in [6, 6.07) is 6.70. The van der Waals surface area contributed by atoms with Crippen LogP contribution in [0.2, 0.25) is 0 Å². The van der Waals surface area contributed by atoms with Crippen molar-refractivity contribution in [3.8, 4) is 0 Å². The number of carbonyl (C=O) groups is 1. The maximum atomic E-state index is 12.2. The van der Waals surface area contributed by atoms with Gasteiger partial charge < -0.3 is 9.32 Å². The van der Waals surface area contributed by atoms with Gasteiger partial charge in [-0.25, -0.2) is 0 Å². The number of aryl methyl sites for hydroxylation is 1. The second-order valence-corrected chi connectivity index (χ2v) is 4.97. The summed E-state index contributed by atoms with van der Waals surface area (Å²) in [5, 5.41) is 0.526. The fourth-order valence-corrected chi connectivity index (χ4v) is 2.45. The van der Waals surface area contributed by atoms with Crippen LogP contribution < -0.4 is 5.43 Å². The minimum atomic E-state index is -0.183. The molecule has 0 spiro atoms. The lowest BCUT2D eigenvalue weighted by atomic mass is 10.1. The first-order chi connectivity index (χ1) is 9.15. The summed E-state index contributed by atoms with van der Waals surface area (Å²) in [4.78, 5) is 26.0. The molecular weight excluding hydrogens is 242 g/mol. The molecule has 98 valence electrons. The summed E-state index contributed by atoms with van der Waals surface area (Å²) in [6.07, 6.45) is 2.03. The number of amides is 1. The first-order valence-electron chi connectivity index (χ1n) is 6.49. The Morgan fingerprint density at radius 3 is 2.68 bits per heavy atom. The van der Waals surface area contributed by atoms with Gasteiger partial charge in [0, 0.05) is 19.2 Å². The molecular formula is C15H15NO3. The molecule has 1 saturated heterocycles. The molecule has 0 bridgehead atoms. The molecule has 4 heteroatoms. The normalized spacial score (nSPS) is 15.1. The molecule has 1 aromatic carbocycles. The quantitative estimate of drug-likeness (QED) is 0.788. The van der Waals surface area contributed by atoms with Crippen LogP contribution in [0.1, 0.15) is 29.0 Å². The first kappa shape index (κ1) is 12.0. The third-order valence-electron chi connectivity index (χ3n) is 3.49. The molecule has 2 aromatic rings. The van der Waals surface area contributed by atoms with Gasteiger partial charge in [-0.2, -0.15) is 0 Å². The van der Waals surface area contributed by atoms with Gasteiger partial charge in [0.15, 0.2) is 11.2 Å². The monoisotopic (exact) mass is 257 g/mol. The highest BCUT2D eigenvalue weighted by Gasteiger charge is 2.22. The van der Waals surface area contributed by atoms with Crippen molar-refractivity contribution in [3.63, 3.8) is 0 Å².